The molecule has 1 N–H and O–H groups in total. The zero-order valence-corrected chi connectivity index (χ0v) is 16.0. The van der Waals surface area contributed by atoms with E-state index in [-0.39, 0.29) is 0 Å². The van der Waals surface area contributed by atoms with Gasteiger partial charge in [0, 0.05) is 31.1 Å². The van der Waals surface area contributed by atoms with E-state index in [0.717, 1.165) is 37.0 Å². The van der Waals surface area contributed by atoms with Crippen molar-refractivity contribution in [2.24, 2.45) is 0 Å². The fraction of sp³-hybridized carbons (Fsp3) is 0.545. The van der Waals surface area contributed by atoms with Gasteiger partial charge in [0.15, 0.2) is 0 Å². The lowest BCUT2D eigenvalue weighted by atomic mass is 9.95. The van der Waals surface area contributed by atoms with E-state index in [2.05, 4.69) is 54.4 Å². The number of anilines is 2. The highest BCUT2D eigenvalue weighted by Gasteiger charge is 2.20. The molecule has 4 heteroatoms. The summed E-state index contributed by atoms with van der Waals surface area (Å²) in [5.41, 5.74) is 2.90. The zero-order valence-electron chi connectivity index (χ0n) is 16.0. The highest BCUT2D eigenvalue weighted by molar-refractivity contribution is 5.52. The van der Waals surface area contributed by atoms with Gasteiger partial charge in [0.1, 0.15) is 17.5 Å². The first-order valence-corrected chi connectivity index (χ1v) is 10.2. The predicted molar refractivity (Wildman–Crippen MR) is 108 cm³/mol. The Labute approximate surface area is 157 Å². The molecule has 0 spiro atoms. The quantitative estimate of drug-likeness (QED) is 0.851. The third kappa shape index (κ3) is 3.84. The van der Waals surface area contributed by atoms with Gasteiger partial charge >= 0.3 is 0 Å². The largest absolute Gasteiger partial charge is 0.367 e. The van der Waals surface area contributed by atoms with Gasteiger partial charge in [-0.1, -0.05) is 57.4 Å². The molecule has 1 fully saturated rings. The van der Waals surface area contributed by atoms with Crippen LogP contribution in [0.25, 0.3) is 0 Å². The number of nitrogens with one attached hydrogen (secondary N) is 1. The third-order valence-corrected chi connectivity index (χ3v) is 5.66. The van der Waals surface area contributed by atoms with Crippen molar-refractivity contribution in [3.05, 3.63) is 47.3 Å². The van der Waals surface area contributed by atoms with Crippen LogP contribution in [-0.4, -0.2) is 22.6 Å². The first-order valence-electron chi connectivity index (χ1n) is 10.2. The Kier molecular flexibility index (Phi) is 5.09. The molecule has 0 atom stereocenters. The first kappa shape index (κ1) is 17.3. The molecule has 1 aromatic carbocycles. The Bertz CT molecular complexity index is 750. The van der Waals surface area contributed by atoms with Crippen LogP contribution in [0.1, 0.15) is 68.8 Å². The molecule has 4 rings (SSSR count). The lowest BCUT2D eigenvalue weighted by Gasteiger charge is -2.31. The normalized spacial score (nSPS) is 18.0. The number of rotatable bonds is 4. The summed E-state index contributed by atoms with van der Waals surface area (Å²) in [6.45, 7) is 6.31. The molecule has 1 aromatic heterocycles. The van der Waals surface area contributed by atoms with Crippen LogP contribution in [0.4, 0.5) is 11.6 Å². The van der Waals surface area contributed by atoms with Gasteiger partial charge in [-0.05, 0) is 30.4 Å². The summed E-state index contributed by atoms with van der Waals surface area (Å²) in [5.74, 6) is 3.35. The van der Waals surface area contributed by atoms with Gasteiger partial charge in [-0.3, -0.25) is 0 Å². The maximum Gasteiger partial charge on any atom is 0.135 e. The maximum atomic E-state index is 4.90. The van der Waals surface area contributed by atoms with Gasteiger partial charge in [-0.25, -0.2) is 9.97 Å². The van der Waals surface area contributed by atoms with Crippen molar-refractivity contribution in [1.82, 2.24) is 9.97 Å². The molecule has 26 heavy (non-hydrogen) atoms. The number of aromatic nitrogens is 2. The molecule has 1 aliphatic carbocycles. The van der Waals surface area contributed by atoms with E-state index in [9.17, 15) is 0 Å². The fourth-order valence-corrected chi connectivity index (χ4v) is 4.09. The number of benzene rings is 1. The van der Waals surface area contributed by atoms with Crippen LogP contribution in [-0.2, 0) is 13.0 Å². The van der Waals surface area contributed by atoms with Crippen molar-refractivity contribution in [3.8, 4) is 0 Å². The van der Waals surface area contributed by atoms with Crippen molar-refractivity contribution in [1.29, 1.82) is 0 Å². The summed E-state index contributed by atoms with van der Waals surface area (Å²) in [7, 11) is 0. The zero-order chi connectivity index (χ0) is 17.9. The highest BCUT2D eigenvalue weighted by Crippen LogP contribution is 2.27. The summed E-state index contributed by atoms with van der Waals surface area (Å²) >= 11 is 0. The van der Waals surface area contributed by atoms with E-state index in [0.29, 0.717) is 12.0 Å². The topological polar surface area (TPSA) is 41.1 Å². The van der Waals surface area contributed by atoms with Gasteiger partial charge in [-0.15, -0.1) is 0 Å². The summed E-state index contributed by atoms with van der Waals surface area (Å²) in [4.78, 5) is 12.1. The SMILES string of the molecule is CC(C)c1nc(NC2CCCCC2)cc(N2CCc3ccccc3C2)n1. The molecule has 138 valence electrons. The van der Waals surface area contributed by atoms with Gasteiger partial charge in [-0.2, -0.15) is 0 Å². The van der Waals surface area contributed by atoms with E-state index in [4.69, 9.17) is 9.97 Å². The molecule has 0 radical (unpaired) electrons. The minimum Gasteiger partial charge on any atom is -0.367 e. The molecule has 1 saturated carbocycles. The van der Waals surface area contributed by atoms with E-state index in [1.54, 1.807) is 0 Å². The summed E-state index contributed by atoms with van der Waals surface area (Å²) in [5, 5.41) is 3.70. The Morgan fingerprint density at radius 1 is 1.04 bits per heavy atom. The van der Waals surface area contributed by atoms with E-state index in [1.165, 1.54) is 43.2 Å². The van der Waals surface area contributed by atoms with Crippen molar-refractivity contribution in [2.45, 2.75) is 70.9 Å². The number of fused-ring (bicyclic) bond motifs is 1. The van der Waals surface area contributed by atoms with E-state index in [1.807, 2.05) is 0 Å². The van der Waals surface area contributed by atoms with Crippen molar-refractivity contribution in [2.75, 3.05) is 16.8 Å². The standard InChI is InChI=1S/C22H30N4/c1-16(2)22-24-20(23-19-10-4-3-5-11-19)14-21(25-22)26-13-12-17-8-6-7-9-18(17)15-26/h6-9,14,16,19H,3-5,10-13,15H2,1-2H3,(H,23,24,25). The van der Waals surface area contributed by atoms with Gasteiger partial charge in [0.2, 0.25) is 0 Å². The minimum atomic E-state index is 0.332. The maximum absolute atomic E-state index is 4.90. The fourth-order valence-electron chi connectivity index (χ4n) is 4.09. The lowest BCUT2D eigenvalue weighted by molar-refractivity contribution is 0.461. The molecule has 4 nitrogen and oxygen atoms in total. The summed E-state index contributed by atoms with van der Waals surface area (Å²) < 4.78 is 0. The number of nitrogens with zero attached hydrogens (tertiary/aromatic N) is 3. The molecule has 0 bridgehead atoms. The Balaban J connectivity index is 1.59. The average Bonchev–Trinajstić information content (AvgIpc) is 2.68. The average molecular weight is 351 g/mol. The lowest BCUT2D eigenvalue weighted by Crippen LogP contribution is -2.31. The van der Waals surface area contributed by atoms with Crippen molar-refractivity contribution in [3.63, 3.8) is 0 Å². The van der Waals surface area contributed by atoms with Gasteiger partial charge in [0.25, 0.3) is 0 Å². The minimum absolute atomic E-state index is 0.332. The molecule has 2 aliphatic rings. The molecular formula is C22H30N4. The second kappa shape index (κ2) is 7.65. The van der Waals surface area contributed by atoms with Crippen LogP contribution >= 0.6 is 0 Å². The van der Waals surface area contributed by atoms with Crippen molar-refractivity contribution >= 4 is 11.6 Å². The smallest absolute Gasteiger partial charge is 0.135 e. The van der Waals surface area contributed by atoms with Crippen LogP contribution in [0, 0.1) is 0 Å². The number of hydrogen-bond acceptors (Lipinski definition) is 4. The Morgan fingerprint density at radius 2 is 1.81 bits per heavy atom. The monoisotopic (exact) mass is 350 g/mol. The summed E-state index contributed by atoms with van der Waals surface area (Å²) in [6, 6.07) is 11.5. The second-order valence-corrected chi connectivity index (χ2v) is 8.04. The van der Waals surface area contributed by atoms with E-state index < -0.39 is 0 Å². The van der Waals surface area contributed by atoms with Crippen molar-refractivity contribution < 1.29 is 0 Å². The van der Waals surface area contributed by atoms with Crippen LogP contribution in [0.15, 0.2) is 30.3 Å². The second-order valence-electron chi connectivity index (χ2n) is 8.04. The van der Waals surface area contributed by atoms with Gasteiger partial charge in [0.05, 0.1) is 0 Å². The molecular weight excluding hydrogens is 320 g/mol. The highest BCUT2D eigenvalue weighted by atomic mass is 15.2. The van der Waals surface area contributed by atoms with Crippen LogP contribution in [0.3, 0.4) is 0 Å². The van der Waals surface area contributed by atoms with Crippen LogP contribution in [0.5, 0.6) is 0 Å². The molecule has 2 aromatic rings. The molecule has 0 saturated heterocycles. The summed E-state index contributed by atoms with van der Waals surface area (Å²) in [6.07, 6.45) is 7.63. The van der Waals surface area contributed by atoms with E-state index >= 15 is 0 Å². The molecule has 0 amide bonds. The Morgan fingerprint density at radius 3 is 2.58 bits per heavy atom. The Hall–Kier alpha value is -2.10. The number of hydrogen-bond donors (Lipinski definition) is 1. The predicted octanol–water partition coefficient (Wildman–Crippen LogP) is 4.91. The van der Waals surface area contributed by atoms with Crippen LogP contribution < -0.4 is 10.2 Å². The van der Waals surface area contributed by atoms with Crippen LogP contribution in [0.2, 0.25) is 0 Å². The van der Waals surface area contributed by atoms with Gasteiger partial charge < -0.3 is 10.2 Å². The molecule has 2 heterocycles. The molecule has 0 unspecified atom stereocenters. The first-order chi connectivity index (χ1) is 12.7. The molecule has 1 aliphatic heterocycles. The third-order valence-electron chi connectivity index (χ3n) is 5.66.